The Morgan fingerprint density at radius 1 is 1.23 bits per heavy atom. The smallest absolute Gasteiger partial charge is 0.302 e. The highest BCUT2D eigenvalue weighted by Crippen LogP contribution is 2.66. The molecule has 1 N–H and O–H groups in total. The van der Waals surface area contributed by atoms with Crippen LogP contribution in [0.3, 0.4) is 0 Å². The van der Waals surface area contributed by atoms with Crippen LogP contribution >= 0.6 is 11.6 Å². The maximum atomic E-state index is 12.1. The molecular formula is C21H29ClO4. The van der Waals surface area contributed by atoms with Gasteiger partial charge >= 0.3 is 5.97 Å². The molecule has 3 saturated carbocycles. The lowest BCUT2D eigenvalue weighted by atomic mass is 9.46. The zero-order chi connectivity index (χ0) is 18.9. The molecule has 4 rings (SSSR count). The molecule has 26 heavy (non-hydrogen) atoms. The number of aliphatic hydroxyl groups excluding tert-OH is 1. The molecule has 0 saturated heterocycles. The van der Waals surface area contributed by atoms with Gasteiger partial charge < -0.3 is 9.84 Å². The van der Waals surface area contributed by atoms with Crippen molar-refractivity contribution in [2.45, 2.75) is 77.9 Å². The van der Waals surface area contributed by atoms with Crippen molar-refractivity contribution in [1.82, 2.24) is 0 Å². The van der Waals surface area contributed by atoms with Gasteiger partial charge in [0.1, 0.15) is 6.10 Å². The first kappa shape index (κ1) is 18.5. The van der Waals surface area contributed by atoms with Crippen LogP contribution < -0.4 is 0 Å². The first-order valence-corrected chi connectivity index (χ1v) is 10.3. The van der Waals surface area contributed by atoms with E-state index in [1.165, 1.54) is 6.92 Å². The number of fused-ring (bicyclic) bond motifs is 5. The minimum atomic E-state index is -0.449. The summed E-state index contributed by atoms with van der Waals surface area (Å²) < 4.78 is 5.65. The van der Waals surface area contributed by atoms with Crippen LogP contribution in [0.2, 0.25) is 0 Å². The van der Waals surface area contributed by atoms with E-state index in [0.717, 1.165) is 37.7 Å². The zero-order valence-electron chi connectivity index (χ0n) is 15.9. The van der Waals surface area contributed by atoms with E-state index in [9.17, 15) is 14.7 Å². The number of carbonyl (C=O) groups excluding carboxylic acids is 2. The number of carbonyl (C=O) groups is 2. The Labute approximate surface area is 160 Å². The molecule has 0 spiro atoms. The molecule has 5 heteroatoms. The van der Waals surface area contributed by atoms with Crippen molar-refractivity contribution in [2.75, 3.05) is 0 Å². The molecule has 7 atom stereocenters. The van der Waals surface area contributed by atoms with Crippen LogP contribution in [0.25, 0.3) is 0 Å². The number of Topliss-reactive ketones (excluding diaryl/α,β-unsaturated/α-hetero) is 1. The van der Waals surface area contributed by atoms with Crippen molar-refractivity contribution in [3.63, 3.8) is 0 Å². The fourth-order valence-corrected chi connectivity index (χ4v) is 7.53. The predicted octanol–water partition coefficient (Wildman–Crippen LogP) is 3.99. The number of allylic oxidation sites excluding steroid dienone is 1. The Kier molecular flexibility index (Phi) is 4.31. The lowest BCUT2D eigenvalue weighted by Crippen LogP contribution is -2.57. The molecule has 0 bridgehead atoms. The lowest BCUT2D eigenvalue weighted by molar-refractivity contribution is -0.168. The third-order valence-electron chi connectivity index (χ3n) is 8.21. The number of aliphatic hydroxyl groups is 1. The van der Waals surface area contributed by atoms with Crippen molar-refractivity contribution in [2.24, 2.45) is 28.6 Å². The number of halogens is 1. The number of esters is 1. The lowest BCUT2D eigenvalue weighted by Gasteiger charge is -2.59. The molecule has 0 unspecified atom stereocenters. The SMILES string of the molecule is CC(=O)O[C@H]1CC[C@H]2[C@@H]3CCC4=C(Cl)C(=O)CC[C@]4(C)[C@H]3[C@@H](O)C[C@]12C. The highest BCUT2D eigenvalue weighted by molar-refractivity contribution is 6.43. The van der Waals surface area contributed by atoms with Gasteiger partial charge in [0.15, 0.2) is 5.78 Å². The van der Waals surface area contributed by atoms with Crippen molar-refractivity contribution in [1.29, 1.82) is 0 Å². The molecule has 4 nitrogen and oxygen atoms in total. The van der Waals surface area contributed by atoms with Gasteiger partial charge in [-0.25, -0.2) is 0 Å². The van der Waals surface area contributed by atoms with Gasteiger partial charge in [0, 0.05) is 18.8 Å². The van der Waals surface area contributed by atoms with Gasteiger partial charge in [-0.2, -0.15) is 0 Å². The summed E-state index contributed by atoms with van der Waals surface area (Å²) in [6.07, 6.45) is 5.12. The highest BCUT2D eigenvalue weighted by Gasteiger charge is 2.63. The van der Waals surface area contributed by atoms with E-state index in [-0.39, 0.29) is 34.6 Å². The van der Waals surface area contributed by atoms with Crippen molar-refractivity contribution in [3.8, 4) is 0 Å². The monoisotopic (exact) mass is 380 g/mol. The molecule has 0 aliphatic heterocycles. The topological polar surface area (TPSA) is 63.6 Å². The van der Waals surface area contributed by atoms with E-state index >= 15 is 0 Å². The van der Waals surface area contributed by atoms with Crippen LogP contribution in [-0.2, 0) is 14.3 Å². The van der Waals surface area contributed by atoms with Crippen LogP contribution in [0.15, 0.2) is 10.6 Å². The molecule has 0 amide bonds. The van der Waals surface area contributed by atoms with Gasteiger partial charge in [0.2, 0.25) is 0 Å². The van der Waals surface area contributed by atoms with Gasteiger partial charge in [-0.3, -0.25) is 9.59 Å². The molecule has 0 aromatic heterocycles. The summed E-state index contributed by atoms with van der Waals surface area (Å²) >= 11 is 6.42. The summed E-state index contributed by atoms with van der Waals surface area (Å²) in [6.45, 7) is 5.87. The number of ether oxygens (including phenoxy) is 1. The third kappa shape index (κ3) is 2.44. The predicted molar refractivity (Wildman–Crippen MR) is 98.4 cm³/mol. The van der Waals surface area contributed by atoms with E-state index < -0.39 is 6.10 Å². The van der Waals surface area contributed by atoms with Gasteiger partial charge in [-0.05, 0) is 67.3 Å². The molecule has 144 valence electrons. The number of rotatable bonds is 1. The van der Waals surface area contributed by atoms with E-state index in [0.29, 0.717) is 29.7 Å². The maximum absolute atomic E-state index is 12.1. The zero-order valence-corrected chi connectivity index (χ0v) is 16.6. The third-order valence-corrected chi connectivity index (χ3v) is 8.65. The Bertz CT molecular complexity index is 685. The molecule has 3 fully saturated rings. The summed E-state index contributed by atoms with van der Waals surface area (Å²) in [5, 5.41) is 11.7. The summed E-state index contributed by atoms with van der Waals surface area (Å²) in [6, 6.07) is 0. The second-order valence-corrected chi connectivity index (χ2v) is 9.80. The quantitative estimate of drug-likeness (QED) is 0.698. The molecule has 0 radical (unpaired) electrons. The molecular weight excluding hydrogens is 352 g/mol. The fourth-order valence-electron chi connectivity index (χ4n) is 7.13. The molecule has 4 aliphatic carbocycles. The van der Waals surface area contributed by atoms with Gasteiger partial charge in [0.05, 0.1) is 11.1 Å². The van der Waals surface area contributed by atoms with Crippen molar-refractivity contribution < 1.29 is 19.4 Å². The largest absolute Gasteiger partial charge is 0.462 e. The Hall–Kier alpha value is -0.870. The van der Waals surface area contributed by atoms with E-state index in [1.54, 1.807) is 0 Å². The molecule has 0 aromatic rings. The summed E-state index contributed by atoms with van der Waals surface area (Å²) in [7, 11) is 0. The second kappa shape index (κ2) is 6.07. The van der Waals surface area contributed by atoms with Crippen LogP contribution in [-0.4, -0.2) is 29.1 Å². The second-order valence-electron chi connectivity index (χ2n) is 9.42. The van der Waals surface area contributed by atoms with Gasteiger partial charge in [0.25, 0.3) is 0 Å². The van der Waals surface area contributed by atoms with Gasteiger partial charge in [-0.15, -0.1) is 0 Å². The Morgan fingerprint density at radius 2 is 1.96 bits per heavy atom. The van der Waals surface area contributed by atoms with Crippen LogP contribution in [0, 0.1) is 28.6 Å². The average molecular weight is 381 g/mol. The normalized spacial score (nSPS) is 47.9. The molecule has 0 aromatic carbocycles. The molecule has 0 heterocycles. The maximum Gasteiger partial charge on any atom is 0.302 e. The fraction of sp³-hybridized carbons (Fsp3) is 0.810. The highest BCUT2D eigenvalue weighted by atomic mass is 35.5. The van der Waals surface area contributed by atoms with Crippen LogP contribution in [0.4, 0.5) is 0 Å². The number of ketones is 1. The molecule has 4 aliphatic rings. The van der Waals surface area contributed by atoms with E-state index in [2.05, 4.69) is 13.8 Å². The minimum absolute atomic E-state index is 0.0588. The van der Waals surface area contributed by atoms with E-state index in [1.807, 2.05) is 0 Å². The Balaban J connectivity index is 1.70. The first-order valence-electron chi connectivity index (χ1n) is 9.96. The Morgan fingerprint density at radius 3 is 2.65 bits per heavy atom. The van der Waals surface area contributed by atoms with Crippen molar-refractivity contribution >= 4 is 23.4 Å². The standard InChI is InChI=1S/C21H29ClO4/c1-11(23)26-17-7-6-13-12-4-5-14-19(22)15(24)8-9-20(14,2)18(12)16(25)10-21(13,17)3/h12-13,16-18,25H,4-10H2,1-3H3/t12-,13-,16-,17-,18+,20-,21-/m0/s1. The van der Waals surface area contributed by atoms with Crippen LogP contribution in [0.1, 0.15) is 65.7 Å². The average Bonchev–Trinajstić information content (AvgIpc) is 2.86. The summed E-state index contributed by atoms with van der Waals surface area (Å²) in [4.78, 5) is 23.7. The van der Waals surface area contributed by atoms with E-state index in [4.69, 9.17) is 16.3 Å². The summed E-state index contributed by atoms with van der Waals surface area (Å²) in [5.41, 5.74) is 0.737. The minimum Gasteiger partial charge on any atom is -0.462 e. The summed E-state index contributed by atoms with van der Waals surface area (Å²) in [5.74, 6) is 0.823. The number of hydrogen-bond donors (Lipinski definition) is 1. The van der Waals surface area contributed by atoms with Crippen LogP contribution in [0.5, 0.6) is 0 Å². The first-order chi connectivity index (χ1) is 12.2. The van der Waals surface area contributed by atoms with Gasteiger partial charge in [-0.1, -0.05) is 25.4 Å². The number of hydrogen-bond acceptors (Lipinski definition) is 4. The van der Waals surface area contributed by atoms with Crippen molar-refractivity contribution in [3.05, 3.63) is 10.6 Å².